The number of rotatable bonds is 18. The van der Waals surface area contributed by atoms with Gasteiger partial charge in [0.2, 0.25) is 0 Å². The summed E-state index contributed by atoms with van der Waals surface area (Å²) in [6.07, 6.45) is -0.337. The lowest BCUT2D eigenvalue weighted by Gasteiger charge is -2.46. The smallest absolute Gasteiger partial charge is 0.311 e. The molecule has 1 N–H and O–H groups in total. The lowest BCUT2D eigenvalue weighted by Crippen LogP contribution is -2.55. The Morgan fingerprint density at radius 2 is 1.60 bits per heavy atom. The summed E-state index contributed by atoms with van der Waals surface area (Å²) in [6.45, 7) is 18.5. The Morgan fingerprint density at radius 3 is 2.19 bits per heavy atom. The quantitative estimate of drug-likeness (QED) is 0.0985. The molecule has 8 nitrogen and oxygen atoms in total. The predicted octanol–water partition coefficient (Wildman–Crippen LogP) is 7.57. The van der Waals surface area contributed by atoms with Gasteiger partial charge in [-0.25, -0.2) is 0 Å². The van der Waals surface area contributed by atoms with Crippen molar-refractivity contribution in [2.45, 2.75) is 123 Å². The minimum absolute atomic E-state index is 0.0155. The van der Waals surface area contributed by atoms with Crippen LogP contribution in [0.1, 0.15) is 71.9 Å². The van der Waals surface area contributed by atoms with Gasteiger partial charge in [0.1, 0.15) is 11.9 Å². The van der Waals surface area contributed by atoms with Gasteiger partial charge in [-0.1, -0.05) is 77.1 Å². The second-order valence-corrected chi connectivity index (χ2v) is 19.5. The predicted molar refractivity (Wildman–Crippen MR) is 188 cm³/mol. The van der Waals surface area contributed by atoms with Gasteiger partial charge in [0.25, 0.3) is 0 Å². The topological polar surface area (TPSA) is 92.7 Å². The van der Waals surface area contributed by atoms with Crippen LogP contribution in [-0.4, -0.2) is 70.7 Å². The second kappa shape index (κ2) is 17.9. The van der Waals surface area contributed by atoms with Crippen molar-refractivity contribution in [2.75, 3.05) is 20.8 Å². The van der Waals surface area contributed by atoms with E-state index in [1.54, 1.807) is 14.2 Å². The van der Waals surface area contributed by atoms with Crippen molar-refractivity contribution in [3.8, 4) is 5.75 Å². The van der Waals surface area contributed by atoms with Crippen LogP contribution >= 0.6 is 0 Å². The van der Waals surface area contributed by atoms with Gasteiger partial charge in [-0.05, 0) is 54.7 Å². The largest absolute Gasteiger partial charge is 0.497 e. The van der Waals surface area contributed by atoms with E-state index in [9.17, 15) is 9.90 Å². The van der Waals surface area contributed by atoms with Crippen molar-refractivity contribution in [3.63, 3.8) is 0 Å². The van der Waals surface area contributed by atoms with E-state index >= 15 is 0 Å². The highest BCUT2D eigenvalue weighted by Gasteiger charge is 2.48. The average molecular weight is 673 g/mol. The van der Waals surface area contributed by atoms with E-state index in [1.807, 2.05) is 56.3 Å². The number of hydrogen-bond acceptors (Lipinski definition) is 8. The van der Waals surface area contributed by atoms with E-state index in [0.717, 1.165) is 16.9 Å². The van der Waals surface area contributed by atoms with Crippen LogP contribution in [0.15, 0.2) is 54.6 Å². The van der Waals surface area contributed by atoms with Crippen LogP contribution in [0.4, 0.5) is 0 Å². The summed E-state index contributed by atoms with van der Waals surface area (Å²) in [5.41, 5.74) is 2.17. The summed E-state index contributed by atoms with van der Waals surface area (Å²) in [5.74, 6) is -0.108. The number of carbonyl (C=O) groups is 1. The summed E-state index contributed by atoms with van der Waals surface area (Å²) in [6, 6.07) is 18.0. The van der Waals surface area contributed by atoms with Gasteiger partial charge in [-0.2, -0.15) is 0 Å². The highest BCUT2D eigenvalue weighted by molar-refractivity contribution is 6.74. The molecule has 1 saturated heterocycles. The third-order valence-electron chi connectivity index (χ3n) is 10.3. The van der Waals surface area contributed by atoms with Crippen LogP contribution in [0.3, 0.4) is 0 Å². The summed E-state index contributed by atoms with van der Waals surface area (Å²) >= 11 is 0. The van der Waals surface area contributed by atoms with E-state index in [4.69, 9.17) is 28.1 Å². The maximum absolute atomic E-state index is 13.0. The van der Waals surface area contributed by atoms with Gasteiger partial charge in [0.15, 0.2) is 8.32 Å². The molecule has 1 fully saturated rings. The number of carbonyl (C=O) groups excluding carboxylic acids is 1. The minimum Gasteiger partial charge on any atom is -0.497 e. The number of aliphatic hydroxyl groups is 1. The average Bonchev–Trinajstić information content (AvgIpc) is 3.04. The molecule has 8 atom stereocenters. The molecule has 0 bridgehead atoms. The number of esters is 1. The van der Waals surface area contributed by atoms with Gasteiger partial charge < -0.3 is 33.2 Å². The summed E-state index contributed by atoms with van der Waals surface area (Å²) in [5, 5.41) is 11.5. The summed E-state index contributed by atoms with van der Waals surface area (Å²) in [7, 11) is 1.20. The molecular weight excluding hydrogens is 612 g/mol. The summed E-state index contributed by atoms with van der Waals surface area (Å²) < 4.78 is 36.4. The number of aliphatic hydroxyl groups excluding tert-OH is 1. The Bertz CT molecular complexity index is 1200. The van der Waals surface area contributed by atoms with Crippen molar-refractivity contribution in [2.24, 2.45) is 17.8 Å². The zero-order valence-corrected chi connectivity index (χ0v) is 31.4. The van der Waals surface area contributed by atoms with Gasteiger partial charge in [0, 0.05) is 38.4 Å². The first-order valence-corrected chi connectivity index (χ1v) is 20.0. The molecule has 1 aliphatic heterocycles. The standard InChI is InChI=1S/C38H60O8Si/c1-26(33(39)23-35-27(2)36(28(3)37(40)45-35)46-47(9,10)38(4,5)6)34(42-8)22-32(20-21-43-24-29-14-12-11-13-15-29)44-25-30-16-18-31(41-7)19-17-30/h11-19,26-28,32-36,39H,20-25H2,1-10H3/t26-,27-,28+,32-,33-,34-,35+,36-/m0/s1. The van der Waals surface area contributed by atoms with Gasteiger partial charge in [-0.3, -0.25) is 4.79 Å². The van der Waals surface area contributed by atoms with Crippen molar-refractivity contribution in [1.82, 2.24) is 0 Å². The maximum atomic E-state index is 13.0. The van der Waals surface area contributed by atoms with Crippen molar-refractivity contribution >= 4 is 14.3 Å². The van der Waals surface area contributed by atoms with Crippen LogP contribution in [0, 0.1) is 17.8 Å². The zero-order valence-electron chi connectivity index (χ0n) is 30.4. The number of cyclic esters (lactones) is 1. The number of ether oxygens (including phenoxy) is 5. The zero-order chi connectivity index (χ0) is 34.8. The van der Waals surface area contributed by atoms with Crippen LogP contribution < -0.4 is 4.74 Å². The molecule has 3 rings (SSSR count). The molecule has 2 aromatic rings. The second-order valence-electron chi connectivity index (χ2n) is 14.7. The molecule has 0 aromatic heterocycles. The molecule has 2 aromatic carbocycles. The van der Waals surface area contributed by atoms with Crippen LogP contribution in [-0.2, 0) is 41.4 Å². The normalized spacial score (nSPS) is 23.1. The summed E-state index contributed by atoms with van der Waals surface area (Å²) in [4.78, 5) is 13.0. The lowest BCUT2D eigenvalue weighted by molar-refractivity contribution is -0.179. The van der Waals surface area contributed by atoms with E-state index in [2.05, 4.69) is 52.9 Å². The van der Waals surface area contributed by atoms with Crippen LogP contribution in [0.2, 0.25) is 18.1 Å². The molecule has 0 saturated carbocycles. The molecule has 1 heterocycles. The van der Waals surface area contributed by atoms with E-state index in [1.165, 1.54) is 0 Å². The molecule has 0 aliphatic carbocycles. The van der Waals surface area contributed by atoms with Crippen molar-refractivity contribution < 1.29 is 38.0 Å². The first-order valence-electron chi connectivity index (χ1n) is 17.1. The van der Waals surface area contributed by atoms with E-state index < -0.39 is 20.5 Å². The third-order valence-corrected chi connectivity index (χ3v) is 14.8. The molecule has 0 radical (unpaired) electrons. The van der Waals surface area contributed by atoms with Gasteiger partial charge >= 0.3 is 5.97 Å². The Morgan fingerprint density at radius 1 is 0.957 bits per heavy atom. The molecule has 47 heavy (non-hydrogen) atoms. The molecule has 264 valence electrons. The van der Waals surface area contributed by atoms with Crippen molar-refractivity contribution in [3.05, 3.63) is 65.7 Å². The minimum atomic E-state index is -2.13. The fourth-order valence-electron chi connectivity index (χ4n) is 5.82. The van der Waals surface area contributed by atoms with Gasteiger partial charge in [-0.15, -0.1) is 0 Å². The van der Waals surface area contributed by atoms with Crippen molar-refractivity contribution in [1.29, 1.82) is 0 Å². The first kappa shape index (κ1) is 39.2. The first-order chi connectivity index (χ1) is 22.2. The van der Waals surface area contributed by atoms with E-state index in [-0.39, 0.29) is 47.1 Å². The maximum Gasteiger partial charge on any atom is 0.311 e. The fraction of sp³-hybridized carbons (Fsp3) is 0.658. The Kier molecular flexibility index (Phi) is 14.9. The highest BCUT2D eigenvalue weighted by atomic mass is 28.4. The van der Waals surface area contributed by atoms with E-state index in [0.29, 0.717) is 39.1 Å². The molecule has 0 amide bonds. The molecule has 1 aliphatic rings. The molecule has 9 heteroatoms. The number of methoxy groups -OCH3 is 2. The highest BCUT2D eigenvalue weighted by Crippen LogP contribution is 2.41. The Balaban J connectivity index is 1.66. The lowest BCUT2D eigenvalue weighted by atomic mass is 9.81. The monoisotopic (exact) mass is 672 g/mol. The Hall–Kier alpha value is -2.27. The third kappa shape index (κ3) is 11.4. The Labute approximate surface area is 284 Å². The van der Waals surface area contributed by atoms with Crippen LogP contribution in [0.25, 0.3) is 0 Å². The molecular formula is C38H60O8Si. The van der Waals surface area contributed by atoms with Crippen LogP contribution in [0.5, 0.6) is 5.75 Å². The SMILES string of the molecule is COc1ccc(CO[C@@H](CCOCc2ccccc2)C[C@H](OC)[C@@H](C)[C@@H](O)C[C@H]2OC(=O)[C@H](C)[C@@H](O[Si](C)(C)C(C)(C)C)[C@H]2C)cc1. The molecule has 0 unspecified atom stereocenters. The number of hydrogen-bond donors (Lipinski definition) is 1. The van der Waals surface area contributed by atoms with Gasteiger partial charge in [0.05, 0.1) is 50.7 Å². The number of benzene rings is 2. The molecule has 0 spiro atoms. The fourth-order valence-corrected chi connectivity index (χ4v) is 7.28.